The van der Waals surface area contributed by atoms with Gasteiger partial charge in [0.15, 0.2) is 0 Å². The molecule has 0 radical (unpaired) electrons. The zero-order valence-corrected chi connectivity index (χ0v) is 21.1. The Balaban J connectivity index is 1.19. The first-order chi connectivity index (χ1) is 18.1. The second-order valence-corrected chi connectivity index (χ2v) is 10.4. The molecule has 37 heavy (non-hydrogen) atoms. The van der Waals surface area contributed by atoms with Crippen molar-refractivity contribution in [1.29, 1.82) is 0 Å². The standard InChI is InChI=1S/C29H35N3O5/c33-17-5-2-6-18-36-25-11-9-23(10-12-25)27(34)32-20-29(21-32,24-7-3-1-4-8-24)30-28(35)37-26-19-31-15-13-22(26)14-16-31/h1,3-4,7-12,17,22,26H,2,5-6,13-16,18-21H2,(H,30,35)/t26-/m0/s1. The molecular weight excluding hydrogens is 470 g/mol. The van der Waals surface area contributed by atoms with E-state index in [1.807, 2.05) is 30.3 Å². The third-order valence-electron chi connectivity index (χ3n) is 7.82. The van der Waals surface area contributed by atoms with E-state index >= 15 is 0 Å². The second-order valence-electron chi connectivity index (χ2n) is 10.4. The van der Waals surface area contributed by atoms with Crippen LogP contribution < -0.4 is 10.1 Å². The fourth-order valence-corrected chi connectivity index (χ4v) is 5.64. The van der Waals surface area contributed by atoms with Crippen LogP contribution in [0.2, 0.25) is 0 Å². The molecule has 0 saturated carbocycles. The fourth-order valence-electron chi connectivity index (χ4n) is 5.64. The van der Waals surface area contributed by atoms with Gasteiger partial charge in [0, 0.05) is 18.5 Å². The Kier molecular flexibility index (Phi) is 7.74. The van der Waals surface area contributed by atoms with Crippen LogP contribution in [0.3, 0.4) is 0 Å². The number of hydrogen-bond donors (Lipinski definition) is 1. The van der Waals surface area contributed by atoms with E-state index in [2.05, 4.69) is 10.2 Å². The van der Waals surface area contributed by atoms with Crippen LogP contribution in [0.15, 0.2) is 54.6 Å². The molecule has 6 rings (SSSR count). The summed E-state index contributed by atoms with van der Waals surface area (Å²) in [6.07, 6.45) is 4.75. The molecule has 0 spiro atoms. The summed E-state index contributed by atoms with van der Waals surface area (Å²) < 4.78 is 11.6. The van der Waals surface area contributed by atoms with E-state index in [0.717, 1.165) is 57.2 Å². The molecule has 2 aromatic carbocycles. The number of unbranched alkanes of at least 4 members (excludes halogenated alkanes) is 2. The van der Waals surface area contributed by atoms with E-state index in [-0.39, 0.29) is 12.0 Å². The number of amides is 2. The quantitative estimate of drug-likeness (QED) is 0.392. The largest absolute Gasteiger partial charge is 0.494 e. The molecule has 1 N–H and O–H groups in total. The van der Waals surface area contributed by atoms with Crippen molar-refractivity contribution in [3.05, 3.63) is 65.7 Å². The first-order valence-electron chi connectivity index (χ1n) is 13.3. The molecular formula is C29H35N3O5. The van der Waals surface area contributed by atoms with Crippen molar-refractivity contribution >= 4 is 18.3 Å². The molecule has 8 nitrogen and oxygen atoms in total. The summed E-state index contributed by atoms with van der Waals surface area (Å²) in [5, 5.41) is 3.12. The van der Waals surface area contributed by atoms with E-state index in [4.69, 9.17) is 9.47 Å². The van der Waals surface area contributed by atoms with Crippen molar-refractivity contribution in [3.8, 4) is 5.75 Å². The molecule has 0 aliphatic carbocycles. The van der Waals surface area contributed by atoms with E-state index in [9.17, 15) is 14.4 Å². The molecule has 2 bridgehead atoms. The van der Waals surface area contributed by atoms with E-state index in [1.54, 1.807) is 29.2 Å². The Labute approximate surface area is 217 Å². The minimum absolute atomic E-state index is 0.0705. The lowest BCUT2D eigenvalue weighted by molar-refractivity contribution is -0.107. The third kappa shape index (κ3) is 5.80. The van der Waals surface area contributed by atoms with Crippen molar-refractivity contribution in [1.82, 2.24) is 15.1 Å². The fraction of sp³-hybridized carbons (Fsp3) is 0.483. The normalized spacial score (nSPS) is 23.6. The molecule has 4 saturated heterocycles. The highest BCUT2D eigenvalue weighted by atomic mass is 16.6. The van der Waals surface area contributed by atoms with Gasteiger partial charge in [0.25, 0.3) is 5.91 Å². The summed E-state index contributed by atoms with van der Waals surface area (Å²) in [4.78, 5) is 40.7. The zero-order valence-electron chi connectivity index (χ0n) is 21.1. The van der Waals surface area contributed by atoms with Gasteiger partial charge in [-0.15, -0.1) is 0 Å². The number of carbonyl (C=O) groups excluding carboxylic acids is 3. The van der Waals surface area contributed by atoms with Crippen molar-refractivity contribution in [2.75, 3.05) is 39.3 Å². The van der Waals surface area contributed by atoms with Crippen LogP contribution in [0.1, 0.15) is 48.0 Å². The number of likely N-dealkylation sites (tertiary alicyclic amines) is 1. The topological polar surface area (TPSA) is 88.2 Å². The van der Waals surface area contributed by atoms with Gasteiger partial charge >= 0.3 is 6.09 Å². The zero-order chi connectivity index (χ0) is 25.7. The number of piperidine rings is 3. The lowest BCUT2D eigenvalue weighted by Gasteiger charge is -2.51. The number of ether oxygens (including phenoxy) is 2. The minimum Gasteiger partial charge on any atom is -0.494 e. The number of aldehydes is 1. The number of benzene rings is 2. The highest BCUT2D eigenvalue weighted by Gasteiger charge is 2.49. The van der Waals surface area contributed by atoms with Gasteiger partial charge in [-0.25, -0.2) is 4.79 Å². The van der Waals surface area contributed by atoms with Gasteiger partial charge in [-0.3, -0.25) is 9.69 Å². The van der Waals surface area contributed by atoms with E-state index in [0.29, 0.717) is 43.3 Å². The van der Waals surface area contributed by atoms with Crippen LogP contribution in [0.4, 0.5) is 4.79 Å². The molecule has 2 aromatic rings. The summed E-state index contributed by atoms with van der Waals surface area (Å²) in [5.74, 6) is 1.05. The Hall–Kier alpha value is -3.39. The summed E-state index contributed by atoms with van der Waals surface area (Å²) >= 11 is 0. The summed E-state index contributed by atoms with van der Waals surface area (Å²) in [6.45, 7) is 4.27. The predicted molar refractivity (Wildman–Crippen MR) is 138 cm³/mol. The van der Waals surface area contributed by atoms with Gasteiger partial charge in [-0.05, 0) is 74.5 Å². The molecule has 0 unspecified atom stereocenters. The summed E-state index contributed by atoms with van der Waals surface area (Å²) in [7, 11) is 0. The predicted octanol–water partition coefficient (Wildman–Crippen LogP) is 3.61. The second kappa shape index (κ2) is 11.3. The molecule has 196 valence electrons. The smallest absolute Gasteiger partial charge is 0.408 e. The number of rotatable bonds is 10. The Bertz CT molecular complexity index is 1080. The van der Waals surface area contributed by atoms with Gasteiger partial charge in [0.05, 0.1) is 19.7 Å². The van der Waals surface area contributed by atoms with Crippen LogP contribution in [-0.2, 0) is 15.1 Å². The molecule has 4 aliphatic rings. The van der Waals surface area contributed by atoms with Crippen molar-refractivity contribution < 1.29 is 23.9 Å². The summed E-state index contributed by atoms with van der Waals surface area (Å²) in [6, 6.07) is 16.9. The maximum Gasteiger partial charge on any atom is 0.408 e. The number of alkyl carbamates (subject to hydrolysis) is 1. The van der Waals surface area contributed by atoms with Gasteiger partial charge in [0.1, 0.15) is 23.7 Å². The summed E-state index contributed by atoms with van der Waals surface area (Å²) in [5.41, 5.74) is 0.861. The SMILES string of the molecule is O=CCCCCOc1ccc(C(=O)N2CC(NC(=O)O[C@H]3CN4CCC3CC4)(c3ccccc3)C2)cc1. The van der Waals surface area contributed by atoms with Crippen molar-refractivity contribution in [2.45, 2.75) is 43.7 Å². The van der Waals surface area contributed by atoms with Crippen molar-refractivity contribution in [3.63, 3.8) is 0 Å². The number of hydrogen-bond acceptors (Lipinski definition) is 6. The van der Waals surface area contributed by atoms with Crippen LogP contribution in [0.5, 0.6) is 5.75 Å². The van der Waals surface area contributed by atoms with Crippen molar-refractivity contribution in [2.24, 2.45) is 5.92 Å². The lowest BCUT2D eigenvalue weighted by Crippen LogP contribution is -2.69. The first kappa shape index (κ1) is 25.3. The first-order valence-corrected chi connectivity index (χ1v) is 13.3. The number of fused-ring (bicyclic) bond motifs is 3. The molecule has 4 fully saturated rings. The maximum absolute atomic E-state index is 13.2. The van der Waals surface area contributed by atoms with Crippen LogP contribution >= 0.6 is 0 Å². The molecule has 8 heteroatoms. The monoisotopic (exact) mass is 505 g/mol. The third-order valence-corrected chi connectivity index (χ3v) is 7.82. The molecule has 2 amide bonds. The Morgan fingerprint density at radius 2 is 1.73 bits per heavy atom. The molecule has 0 aromatic heterocycles. The Morgan fingerprint density at radius 1 is 1.00 bits per heavy atom. The molecule has 4 heterocycles. The van der Waals surface area contributed by atoms with Crippen LogP contribution in [0, 0.1) is 5.92 Å². The minimum atomic E-state index is -0.674. The number of carbonyl (C=O) groups is 3. The van der Waals surface area contributed by atoms with Gasteiger partial charge in [-0.2, -0.15) is 0 Å². The number of nitrogens with one attached hydrogen (secondary N) is 1. The number of nitrogens with zero attached hydrogens (tertiary/aromatic N) is 2. The average Bonchev–Trinajstić information content (AvgIpc) is 2.91. The van der Waals surface area contributed by atoms with Gasteiger partial charge in [-0.1, -0.05) is 30.3 Å². The molecule has 4 aliphatic heterocycles. The average molecular weight is 506 g/mol. The van der Waals surface area contributed by atoms with Crippen LogP contribution in [-0.4, -0.2) is 73.5 Å². The maximum atomic E-state index is 13.2. The highest BCUT2D eigenvalue weighted by Crippen LogP contribution is 2.34. The van der Waals surface area contributed by atoms with Crippen LogP contribution in [0.25, 0.3) is 0 Å². The Morgan fingerprint density at radius 3 is 2.38 bits per heavy atom. The highest BCUT2D eigenvalue weighted by molar-refractivity contribution is 5.95. The van der Waals surface area contributed by atoms with E-state index in [1.165, 1.54) is 0 Å². The molecule has 1 atom stereocenters. The lowest BCUT2D eigenvalue weighted by atomic mass is 9.82. The van der Waals surface area contributed by atoms with Gasteiger partial charge in [0.2, 0.25) is 0 Å². The van der Waals surface area contributed by atoms with Gasteiger partial charge < -0.3 is 24.5 Å². The van der Waals surface area contributed by atoms with E-state index < -0.39 is 11.6 Å².